The molecule has 0 aliphatic carbocycles. The molecule has 3 heterocycles. The molecule has 3 rings (SSSR count). The Morgan fingerprint density at radius 1 is 1.37 bits per heavy atom. The fraction of sp³-hybridized carbons (Fsp3) is 0.692. The van der Waals surface area contributed by atoms with Crippen LogP contribution in [0.1, 0.15) is 26.7 Å². The summed E-state index contributed by atoms with van der Waals surface area (Å²) in [6, 6.07) is 1.99. The van der Waals surface area contributed by atoms with Crippen molar-refractivity contribution < 1.29 is 9.18 Å². The summed E-state index contributed by atoms with van der Waals surface area (Å²) in [5.41, 5.74) is 0. The van der Waals surface area contributed by atoms with Crippen LogP contribution in [0, 0.1) is 5.95 Å². The van der Waals surface area contributed by atoms with Gasteiger partial charge in [-0.15, -0.1) is 5.10 Å². The first kappa shape index (κ1) is 12.6. The molecule has 1 aromatic heterocycles. The molecule has 104 valence electrons. The summed E-state index contributed by atoms with van der Waals surface area (Å²) < 4.78 is 14.0. The number of carbonyl (C=O) groups excluding carboxylic acids is 1. The molecule has 0 spiro atoms. The largest absolute Gasteiger partial charge is 0.345 e. The number of carbonyl (C=O) groups is 1. The highest BCUT2D eigenvalue weighted by Crippen LogP contribution is 2.31. The average Bonchev–Trinajstić information content (AvgIpc) is 2.90. The summed E-state index contributed by atoms with van der Waals surface area (Å²) in [5.74, 6) is -0.610. The van der Waals surface area contributed by atoms with Crippen LogP contribution in [-0.4, -0.2) is 56.8 Å². The van der Waals surface area contributed by atoms with E-state index in [4.69, 9.17) is 0 Å². The van der Waals surface area contributed by atoms with E-state index in [0.29, 0.717) is 6.04 Å². The van der Waals surface area contributed by atoms with Gasteiger partial charge in [0.05, 0.1) is 0 Å². The van der Waals surface area contributed by atoms with Crippen LogP contribution in [0.25, 0.3) is 0 Å². The van der Waals surface area contributed by atoms with Gasteiger partial charge >= 0.3 is 6.03 Å². The smallest absolute Gasteiger partial charge is 0.314 e. The van der Waals surface area contributed by atoms with Gasteiger partial charge < -0.3 is 4.90 Å². The van der Waals surface area contributed by atoms with E-state index in [-0.39, 0.29) is 18.1 Å². The van der Waals surface area contributed by atoms with Crippen molar-refractivity contribution in [3.05, 3.63) is 18.2 Å². The third kappa shape index (κ3) is 2.14. The Bertz CT molecular complexity index is 473. The molecule has 0 saturated carbocycles. The summed E-state index contributed by atoms with van der Waals surface area (Å²) in [4.78, 5) is 16.7. The summed E-state index contributed by atoms with van der Waals surface area (Å²) in [7, 11) is 0. The van der Waals surface area contributed by atoms with Crippen molar-refractivity contribution in [2.75, 3.05) is 13.1 Å². The maximum Gasteiger partial charge on any atom is 0.345 e. The van der Waals surface area contributed by atoms with E-state index in [1.807, 2.05) is 4.90 Å². The van der Waals surface area contributed by atoms with E-state index >= 15 is 0 Å². The van der Waals surface area contributed by atoms with Crippen LogP contribution in [0.5, 0.6) is 0 Å². The zero-order valence-corrected chi connectivity index (χ0v) is 11.3. The van der Waals surface area contributed by atoms with Gasteiger partial charge in [-0.05, 0) is 26.7 Å². The number of hydrogen-bond donors (Lipinski definition) is 0. The Kier molecular flexibility index (Phi) is 3.05. The number of likely N-dealkylation sites (tertiary alicyclic amines) is 1. The zero-order chi connectivity index (χ0) is 13.6. The van der Waals surface area contributed by atoms with Gasteiger partial charge in [0, 0.05) is 43.5 Å². The molecule has 2 aliphatic rings. The highest BCUT2D eigenvalue weighted by molar-refractivity contribution is 5.77. The molecule has 1 amide bonds. The third-order valence-electron chi connectivity index (χ3n) is 4.21. The summed E-state index contributed by atoms with van der Waals surface area (Å²) in [6.45, 7) is 6.17. The number of halogens is 1. The molecule has 0 unspecified atom stereocenters. The number of piperazine rings is 1. The monoisotopic (exact) mass is 266 g/mol. The van der Waals surface area contributed by atoms with Crippen molar-refractivity contribution in [1.29, 1.82) is 0 Å². The molecule has 2 bridgehead atoms. The van der Waals surface area contributed by atoms with Crippen molar-refractivity contribution in [3.63, 3.8) is 0 Å². The zero-order valence-electron chi connectivity index (χ0n) is 11.3. The lowest BCUT2D eigenvalue weighted by molar-refractivity contribution is 0.0698. The minimum atomic E-state index is -0.610. The van der Waals surface area contributed by atoms with Crippen molar-refractivity contribution in [1.82, 2.24) is 19.6 Å². The Morgan fingerprint density at radius 2 is 2.00 bits per heavy atom. The van der Waals surface area contributed by atoms with E-state index in [1.165, 1.54) is 12.3 Å². The summed E-state index contributed by atoms with van der Waals surface area (Å²) in [6.07, 6.45) is 3.46. The maximum atomic E-state index is 12.9. The highest BCUT2D eigenvalue weighted by atomic mass is 19.1. The summed E-state index contributed by atoms with van der Waals surface area (Å²) >= 11 is 0. The van der Waals surface area contributed by atoms with Gasteiger partial charge in [0.1, 0.15) is 0 Å². The first-order valence-electron chi connectivity index (χ1n) is 6.84. The molecular formula is C13H19FN4O. The maximum absolute atomic E-state index is 12.9. The van der Waals surface area contributed by atoms with Crippen LogP contribution < -0.4 is 0 Å². The Labute approximate surface area is 112 Å². The lowest BCUT2D eigenvalue weighted by atomic mass is 10.1. The molecule has 2 fully saturated rings. The standard InChI is InChI=1S/C13H19FN4O/c1-9(2)16-7-10-3-4-11(8-16)18(10)13(19)17-6-5-12(14)15-17/h5-6,9-11H,3-4,7-8H2,1-2H3/t10-,11+. The summed E-state index contributed by atoms with van der Waals surface area (Å²) in [5, 5.41) is 3.58. The predicted octanol–water partition coefficient (Wildman–Crippen LogP) is 1.55. The highest BCUT2D eigenvalue weighted by Gasteiger charge is 2.43. The second kappa shape index (κ2) is 4.59. The van der Waals surface area contributed by atoms with Gasteiger partial charge in [-0.3, -0.25) is 4.90 Å². The Balaban J connectivity index is 1.78. The molecule has 2 saturated heterocycles. The third-order valence-corrected chi connectivity index (χ3v) is 4.21. The number of hydrogen-bond acceptors (Lipinski definition) is 3. The lowest BCUT2D eigenvalue weighted by Crippen LogP contribution is -2.58. The lowest BCUT2D eigenvalue weighted by Gasteiger charge is -2.42. The van der Waals surface area contributed by atoms with E-state index < -0.39 is 5.95 Å². The van der Waals surface area contributed by atoms with E-state index in [9.17, 15) is 9.18 Å². The first-order valence-corrected chi connectivity index (χ1v) is 6.84. The second-order valence-corrected chi connectivity index (χ2v) is 5.71. The number of amides is 1. The number of aromatic nitrogens is 2. The van der Waals surface area contributed by atoms with Crippen molar-refractivity contribution in [2.45, 2.75) is 44.8 Å². The topological polar surface area (TPSA) is 41.4 Å². The van der Waals surface area contributed by atoms with Crippen LogP contribution in [0.2, 0.25) is 0 Å². The van der Waals surface area contributed by atoms with Gasteiger partial charge in [-0.2, -0.15) is 9.07 Å². The van der Waals surface area contributed by atoms with Crippen molar-refractivity contribution in [2.24, 2.45) is 0 Å². The normalized spacial score (nSPS) is 27.3. The Morgan fingerprint density at radius 3 is 2.47 bits per heavy atom. The number of rotatable bonds is 1. The quantitative estimate of drug-likeness (QED) is 0.774. The van der Waals surface area contributed by atoms with Crippen molar-refractivity contribution in [3.8, 4) is 0 Å². The van der Waals surface area contributed by atoms with Crippen molar-refractivity contribution >= 4 is 6.03 Å². The van der Waals surface area contributed by atoms with Gasteiger partial charge in [-0.25, -0.2) is 4.79 Å². The van der Waals surface area contributed by atoms with E-state index in [2.05, 4.69) is 23.8 Å². The minimum Gasteiger partial charge on any atom is -0.314 e. The van der Waals surface area contributed by atoms with Gasteiger partial charge in [-0.1, -0.05) is 0 Å². The SMILES string of the molecule is CC(C)N1C[C@H]2CC[C@@H](C1)N2C(=O)n1ccc(F)n1. The van der Waals surface area contributed by atoms with Crippen LogP contribution >= 0.6 is 0 Å². The first-order chi connectivity index (χ1) is 9.06. The van der Waals surface area contributed by atoms with Crippen LogP contribution in [0.3, 0.4) is 0 Å². The number of fused-ring (bicyclic) bond motifs is 2. The van der Waals surface area contributed by atoms with Gasteiger partial charge in [0.2, 0.25) is 5.95 Å². The second-order valence-electron chi connectivity index (χ2n) is 5.71. The molecule has 19 heavy (non-hydrogen) atoms. The predicted molar refractivity (Wildman–Crippen MR) is 68.3 cm³/mol. The minimum absolute atomic E-state index is 0.195. The van der Waals surface area contributed by atoms with Gasteiger partial charge in [0.25, 0.3) is 0 Å². The van der Waals surface area contributed by atoms with E-state index in [0.717, 1.165) is 30.6 Å². The molecule has 1 aromatic rings. The molecule has 2 aliphatic heterocycles. The molecule has 5 nitrogen and oxygen atoms in total. The molecule has 0 radical (unpaired) electrons. The average molecular weight is 266 g/mol. The van der Waals surface area contributed by atoms with Gasteiger partial charge in [0.15, 0.2) is 0 Å². The molecule has 6 heteroatoms. The number of nitrogens with zero attached hydrogens (tertiary/aromatic N) is 4. The van der Waals surface area contributed by atoms with Crippen LogP contribution in [0.15, 0.2) is 12.3 Å². The van der Waals surface area contributed by atoms with Crippen LogP contribution in [0.4, 0.5) is 9.18 Å². The van der Waals surface area contributed by atoms with Crippen LogP contribution in [-0.2, 0) is 0 Å². The fourth-order valence-electron chi connectivity index (χ4n) is 3.20. The molecule has 2 atom stereocenters. The Hall–Kier alpha value is -1.43. The molecular weight excluding hydrogens is 247 g/mol. The molecule has 0 N–H and O–H groups in total. The molecule has 0 aromatic carbocycles. The van der Waals surface area contributed by atoms with E-state index in [1.54, 1.807) is 0 Å². The fourth-order valence-corrected chi connectivity index (χ4v) is 3.20.